The van der Waals surface area contributed by atoms with E-state index in [1.807, 2.05) is 13.0 Å². The van der Waals surface area contributed by atoms with Crippen LogP contribution >= 0.6 is 0 Å². The first-order chi connectivity index (χ1) is 9.77. The van der Waals surface area contributed by atoms with Crippen LogP contribution in [0.5, 0.6) is 0 Å². The number of hydrogen-bond acceptors (Lipinski definition) is 3. The van der Waals surface area contributed by atoms with Crippen LogP contribution in [0.1, 0.15) is 24.1 Å². The maximum atomic E-state index is 13.6. The summed E-state index contributed by atoms with van der Waals surface area (Å²) in [6, 6.07) is 11.6. The lowest BCUT2D eigenvalue weighted by atomic mass is 10.1. The predicted molar refractivity (Wildman–Crippen MR) is 82.7 cm³/mol. The quantitative estimate of drug-likeness (QED) is 0.936. The van der Waals surface area contributed by atoms with Crippen LogP contribution in [0.25, 0.3) is 0 Å². The van der Waals surface area contributed by atoms with Crippen LogP contribution in [0.4, 0.5) is 10.1 Å². The molecule has 2 aromatic carbocycles. The largest absolute Gasteiger partial charge is 0.378 e. The van der Waals surface area contributed by atoms with Crippen LogP contribution < -0.4 is 5.32 Å². The number of rotatable bonds is 4. The molecule has 3 nitrogen and oxygen atoms in total. The first-order valence-electron chi connectivity index (χ1n) is 6.60. The molecule has 112 valence electrons. The molecule has 1 atom stereocenters. The number of aryl methyl sites for hydroxylation is 1. The lowest BCUT2D eigenvalue weighted by Crippen LogP contribution is -2.08. The van der Waals surface area contributed by atoms with Crippen LogP contribution in [0, 0.1) is 12.7 Å². The highest BCUT2D eigenvalue weighted by Crippen LogP contribution is 2.23. The SMILES string of the molecule is Cc1ccc(C(C)Nc2cccc(S(C)(=O)=O)c2)cc1F. The molecule has 0 aliphatic carbocycles. The van der Waals surface area contributed by atoms with Crippen LogP contribution in [0.15, 0.2) is 47.4 Å². The molecule has 0 heterocycles. The number of sulfone groups is 1. The zero-order chi connectivity index (χ0) is 15.6. The summed E-state index contributed by atoms with van der Waals surface area (Å²) in [5, 5.41) is 3.19. The number of hydrogen-bond donors (Lipinski definition) is 1. The summed E-state index contributed by atoms with van der Waals surface area (Å²) in [7, 11) is -3.24. The second-order valence-electron chi connectivity index (χ2n) is 5.17. The molecule has 0 aliphatic heterocycles. The highest BCUT2D eigenvalue weighted by atomic mass is 32.2. The van der Waals surface area contributed by atoms with E-state index in [1.165, 1.54) is 12.3 Å². The molecular weight excluding hydrogens is 289 g/mol. The van der Waals surface area contributed by atoms with Crippen LogP contribution in [0.2, 0.25) is 0 Å². The summed E-state index contributed by atoms with van der Waals surface area (Å²) in [4.78, 5) is 0.259. The molecule has 2 aromatic rings. The van der Waals surface area contributed by atoms with Crippen molar-refractivity contribution < 1.29 is 12.8 Å². The van der Waals surface area contributed by atoms with Gasteiger partial charge in [-0.25, -0.2) is 12.8 Å². The van der Waals surface area contributed by atoms with E-state index >= 15 is 0 Å². The Bertz CT molecular complexity index is 757. The molecule has 0 radical (unpaired) electrons. The minimum atomic E-state index is -3.24. The van der Waals surface area contributed by atoms with E-state index in [9.17, 15) is 12.8 Å². The molecule has 0 spiro atoms. The van der Waals surface area contributed by atoms with Crippen LogP contribution in [-0.2, 0) is 9.84 Å². The minimum absolute atomic E-state index is 0.130. The van der Waals surface area contributed by atoms with Crippen molar-refractivity contribution >= 4 is 15.5 Å². The Hall–Kier alpha value is -1.88. The second kappa shape index (κ2) is 5.85. The molecule has 0 bridgehead atoms. The highest BCUT2D eigenvalue weighted by Gasteiger charge is 2.10. The van der Waals surface area contributed by atoms with Gasteiger partial charge in [0, 0.05) is 18.0 Å². The van der Waals surface area contributed by atoms with Gasteiger partial charge in [0.1, 0.15) is 5.82 Å². The summed E-state index contributed by atoms with van der Waals surface area (Å²) in [5.74, 6) is -0.244. The predicted octanol–water partition coefficient (Wildman–Crippen LogP) is 3.71. The number of halogens is 1. The molecule has 0 saturated heterocycles. The Morgan fingerprint density at radius 3 is 2.48 bits per heavy atom. The Balaban J connectivity index is 2.23. The molecular formula is C16H18FNO2S. The van der Waals surface area contributed by atoms with E-state index in [-0.39, 0.29) is 16.8 Å². The van der Waals surface area contributed by atoms with Gasteiger partial charge in [-0.05, 0) is 49.2 Å². The summed E-state index contributed by atoms with van der Waals surface area (Å²) >= 11 is 0. The van der Waals surface area contributed by atoms with Crippen molar-refractivity contribution in [2.75, 3.05) is 11.6 Å². The third-order valence-electron chi connectivity index (χ3n) is 3.34. The van der Waals surface area contributed by atoms with E-state index in [1.54, 1.807) is 37.3 Å². The smallest absolute Gasteiger partial charge is 0.175 e. The van der Waals surface area contributed by atoms with Crippen LogP contribution in [0.3, 0.4) is 0 Å². The molecule has 1 N–H and O–H groups in total. The van der Waals surface area contributed by atoms with Crippen molar-refractivity contribution in [3.63, 3.8) is 0 Å². The van der Waals surface area contributed by atoms with Gasteiger partial charge in [0.15, 0.2) is 9.84 Å². The topological polar surface area (TPSA) is 46.2 Å². The average Bonchev–Trinajstić information content (AvgIpc) is 2.41. The standard InChI is InChI=1S/C16H18FNO2S/c1-11-7-8-13(9-16(11)17)12(2)18-14-5-4-6-15(10-14)21(3,19)20/h4-10,12,18H,1-3H3. The summed E-state index contributed by atoms with van der Waals surface area (Å²) in [6.45, 7) is 3.62. The molecule has 0 saturated carbocycles. The van der Waals surface area contributed by atoms with Gasteiger partial charge >= 0.3 is 0 Å². The second-order valence-corrected chi connectivity index (χ2v) is 7.19. The van der Waals surface area contributed by atoms with E-state index < -0.39 is 9.84 Å². The van der Waals surface area contributed by atoms with Gasteiger partial charge in [0.25, 0.3) is 0 Å². The molecule has 5 heteroatoms. The summed E-state index contributed by atoms with van der Waals surface area (Å²) in [6.07, 6.45) is 1.17. The van der Waals surface area contributed by atoms with E-state index in [0.717, 1.165) is 5.56 Å². The zero-order valence-electron chi connectivity index (χ0n) is 12.2. The van der Waals surface area contributed by atoms with Gasteiger partial charge < -0.3 is 5.32 Å². The minimum Gasteiger partial charge on any atom is -0.378 e. The Labute approximate surface area is 124 Å². The van der Waals surface area contributed by atoms with Crippen molar-refractivity contribution in [2.24, 2.45) is 0 Å². The third-order valence-corrected chi connectivity index (χ3v) is 4.45. The molecule has 0 aliphatic rings. The third kappa shape index (κ3) is 3.82. The average molecular weight is 307 g/mol. The van der Waals surface area contributed by atoms with Crippen molar-refractivity contribution in [3.05, 3.63) is 59.4 Å². The lowest BCUT2D eigenvalue weighted by Gasteiger charge is -2.16. The van der Waals surface area contributed by atoms with Crippen molar-refractivity contribution in [1.29, 1.82) is 0 Å². The maximum absolute atomic E-state index is 13.6. The van der Waals surface area contributed by atoms with Crippen molar-refractivity contribution in [2.45, 2.75) is 24.8 Å². The van der Waals surface area contributed by atoms with Gasteiger partial charge in [-0.3, -0.25) is 0 Å². The van der Waals surface area contributed by atoms with Gasteiger partial charge in [0.2, 0.25) is 0 Å². The van der Waals surface area contributed by atoms with Gasteiger partial charge in [0.05, 0.1) is 4.90 Å². The molecule has 0 amide bonds. The van der Waals surface area contributed by atoms with Gasteiger partial charge in [-0.1, -0.05) is 18.2 Å². The van der Waals surface area contributed by atoms with Crippen molar-refractivity contribution in [1.82, 2.24) is 0 Å². The number of nitrogens with one attached hydrogen (secondary N) is 1. The molecule has 0 fully saturated rings. The molecule has 2 rings (SSSR count). The van der Waals surface area contributed by atoms with Gasteiger partial charge in [-0.15, -0.1) is 0 Å². The fourth-order valence-electron chi connectivity index (χ4n) is 2.03. The van der Waals surface area contributed by atoms with Crippen LogP contribution in [-0.4, -0.2) is 14.7 Å². The zero-order valence-corrected chi connectivity index (χ0v) is 13.0. The molecule has 1 unspecified atom stereocenters. The maximum Gasteiger partial charge on any atom is 0.175 e. The van der Waals surface area contributed by atoms with E-state index in [4.69, 9.17) is 0 Å². The fourth-order valence-corrected chi connectivity index (χ4v) is 2.70. The van der Waals surface area contributed by atoms with Gasteiger partial charge in [-0.2, -0.15) is 0 Å². The Morgan fingerprint density at radius 1 is 1.14 bits per heavy atom. The number of benzene rings is 2. The lowest BCUT2D eigenvalue weighted by molar-refractivity contribution is 0.602. The van der Waals surface area contributed by atoms with E-state index in [2.05, 4.69) is 5.32 Å². The molecule has 21 heavy (non-hydrogen) atoms. The molecule has 0 aromatic heterocycles. The Kier molecular flexibility index (Phi) is 4.32. The highest BCUT2D eigenvalue weighted by molar-refractivity contribution is 7.90. The van der Waals surface area contributed by atoms with Crippen molar-refractivity contribution in [3.8, 4) is 0 Å². The Morgan fingerprint density at radius 2 is 1.86 bits per heavy atom. The van der Waals surface area contributed by atoms with E-state index in [0.29, 0.717) is 11.3 Å². The fraction of sp³-hybridized carbons (Fsp3) is 0.250. The first-order valence-corrected chi connectivity index (χ1v) is 8.49. The summed E-state index contributed by atoms with van der Waals surface area (Å²) < 4.78 is 36.7. The monoisotopic (exact) mass is 307 g/mol. The normalized spacial score (nSPS) is 13.0. The first kappa shape index (κ1) is 15.5. The summed E-state index contributed by atoms with van der Waals surface area (Å²) in [5.41, 5.74) is 2.10. The number of anilines is 1.